The number of carboxylic acid groups (broad SMARTS) is 1. The van der Waals surface area contributed by atoms with Gasteiger partial charge >= 0.3 is 24.8 Å². The molecule has 2 nitrogen and oxygen atoms in total. The fourth-order valence-electron chi connectivity index (χ4n) is 0. The molecule has 0 heterocycles. The van der Waals surface area contributed by atoms with Gasteiger partial charge in [-0.1, -0.05) is 6.58 Å². The number of carboxylic acids is 1. The molecule has 4 heteroatoms. The van der Waals surface area contributed by atoms with Crippen LogP contribution in [0, 0.1) is 0 Å². The van der Waals surface area contributed by atoms with E-state index < -0.39 is 5.97 Å². The van der Waals surface area contributed by atoms with E-state index in [1.165, 1.54) is 6.92 Å². The van der Waals surface area contributed by atoms with Crippen LogP contribution in [0.2, 0.25) is 0 Å². The average molecular weight is 124 g/mol. The van der Waals surface area contributed by atoms with E-state index >= 15 is 0 Å². The molecule has 0 spiro atoms. The second-order valence-corrected chi connectivity index (χ2v) is 1.09. The van der Waals surface area contributed by atoms with Gasteiger partial charge in [-0.2, -0.15) is 0 Å². The Bertz CT molecular complexity index is 80.0. The van der Waals surface area contributed by atoms with Gasteiger partial charge in [-0.15, -0.1) is 0 Å². The van der Waals surface area contributed by atoms with Crippen molar-refractivity contribution in [2.24, 2.45) is 0 Å². The zero-order chi connectivity index (χ0) is 5.15. The van der Waals surface area contributed by atoms with Crippen molar-refractivity contribution in [2.45, 2.75) is 6.92 Å². The summed E-state index contributed by atoms with van der Waals surface area (Å²) in [6.07, 6.45) is 0. The Morgan fingerprint density at radius 1 is 1.62 bits per heavy atom. The van der Waals surface area contributed by atoms with E-state index in [-0.39, 0.29) is 41.8 Å². The average Bonchev–Trinajstić information content (AvgIpc) is 1.36. The summed E-state index contributed by atoms with van der Waals surface area (Å²) < 4.78 is 0. The normalized spacial score (nSPS) is 5.62. The summed E-state index contributed by atoms with van der Waals surface area (Å²) >= 11 is 0. The Kier molecular flexibility index (Phi) is 14.5. The molecular weight excluding hydrogens is 114 g/mol. The molecule has 0 aliphatic heterocycles. The molecule has 8 heavy (non-hydrogen) atoms. The van der Waals surface area contributed by atoms with Crippen molar-refractivity contribution in [1.82, 2.24) is 0 Å². The first-order valence-electron chi connectivity index (χ1n) is 1.53. The van der Waals surface area contributed by atoms with Crippen LogP contribution in [0.3, 0.4) is 0 Å². The maximum atomic E-state index is 9.60. The molecule has 0 aliphatic rings. The Hall–Kier alpha value is 0.340. The number of rotatable bonds is 1. The quantitative estimate of drug-likeness (QED) is 0.352. The van der Waals surface area contributed by atoms with Gasteiger partial charge in [0.15, 0.2) is 17.4 Å². The predicted octanol–water partition coefficient (Wildman–Crippen LogP) is -1.19. The second-order valence-electron chi connectivity index (χ2n) is 1.09. The van der Waals surface area contributed by atoms with E-state index in [1.54, 1.807) is 0 Å². The van der Waals surface area contributed by atoms with E-state index in [1.807, 2.05) is 0 Å². The first kappa shape index (κ1) is 15.8. The first-order chi connectivity index (χ1) is 2.64. The first-order valence-corrected chi connectivity index (χ1v) is 1.53. The van der Waals surface area contributed by atoms with Crippen LogP contribution in [-0.2, 0) is 4.79 Å². The molecule has 0 aromatic heterocycles. The summed E-state index contributed by atoms with van der Waals surface area (Å²) in [4.78, 5) is 9.60. The van der Waals surface area contributed by atoms with Gasteiger partial charge in [0.05, 0.1) is 0 Å². The van der Waals surface area contributed by atoms with Crippen molar-refractivity contribution in [1.29, 1.82) is 0 Å². The third-order valence-corrected chi connectivity index (χ3v) is 0.365. The minimum absolute atomic E-state index is 0. The van der Waals surface area contributed by atoms with Gasteiger partial charge in [0.25, 0.3) is 0 Å². The van der Waals surface area contributed by atoms with Crippen molar-refractivity contribution in [3.63, 3.8) is 0 Å². The molecule has 1 N–H and O–H groups in total. The molecule has 0 fully saturated rings. The fraction of sp³-hybridized carbons (Fsp3) is 0.250. The van der Waals surface area contributed by atoms with Crippen molar-refractivity contribution in [2.75, 3.05) is 0 Å². The van der Waals surface area contributed by atoms with Crippen LogP contribution in [0.15, 0.2) is 12.2 Å². The van der Waals surface area contributed by atoms with Crippen LogP contribution < -0.4 is 0 Å². The number of hydrogen-bond donors (Lipinski definition) is 1. The zero-order valence-electron chi connectivity index (χ0n) is 3.56. The Morgan fingerprint density at radius 2 is 1.75 bits per heavy atom. The summed E-state index contributed by atoms with van der Waals surface area (Å²) in [5, 5.41) is 7.89. The van der Waals surface area contributed by atoms with Gasteiger partial charge in [0.1, 0.15) is 0 Å². The monoisotopic (exact) mass is 124 g/mol. The van der Waals surface area contributed by atoms with E-state index in [2.05, 4.69) is 6.58 Å². The molecule has 0 aromatic rings. The maximum absolute atomic E-state index is 9.60. The summed E-state index contributed by atoms with van der Waals surface area (Å²) in [7, 11) is 0. The Labute approximate surface area is 71.3 Å². The standard InChI is InChI=1S/C4H6O2.Al.Li.4H/c1-3(2)4(5)6;;;;;;/h1H2,2H3,(H,5,6);;;;;;. The van der Waals surface area contributed by atoms with Crippen LogP contribution in [0.4, 0.5) is 0 Å². The fourth-order valence-corrected chi connectivity index (χ4v) is 0. The van der Waals surface area contributed by atoms with Crippen LogP contribution >= 0.6 is 0 Å². The zero-order valence-corrected chi connectivity index (χ0v) is 3.56. The molecule has 0 aliphatic carbocycles. The summed E-state index contributed by atoms with van der Waals surface area (Å²) in [5.74, 6) is -0.935. The molecule has 0 aromatic carbocycles. The molecule has 0 radical (unpaired) electrons. The van der Waals surface area contributed by atoms with Crippen LogP contribution in [0.1, 0.15) is 6.92 Å². The molecule has 0 saturated heterocycles. The molecule has 0 atom stereocenters. The molecule has 0 rings (SSSR count). The molecule has 0 unspecified atom stereocenters. The summed E-state index contributed by atoms with van der Waals surface area (Å²) in [6, 6.07) is 0. The third-order valence-electron chi connectivity index (χ3n) is 0.365. The Morgan fingerprint density at radius 3 is 1.75 bits per heavy atom. The van der Waals surface area contributed by atoms with Crippen molar-refractivity contribution in [3.05, 3.63) is 12.2 Å². The van der Waals surface area contributed by atoms with Crippen LogP contribution in [0.25, 0.3) is 0 Å². The third kappa shape index (κ3) is 9.60. The Balaban J connectivity index is -0.000000125. The van der Waals surface area contributed by atoms with E-state index in [0.717, 1.165) is 0 Å². The van der Waals surface area contributed by atoms with Gasteiger partial charge in [-0.05, 0) is 6.92 Å². The van der Waals surface area contributed by atoms with Gasteiger partial charge < -0.3 is 5.11 Å². The van der Waals surface area contributed by atoms with E-state index in [4.69, 9.17) is 5.11 Å². The second kappa shape index (κ2) is 7.34. The van der Waals surface area contributed by atoms with Crippen LogP contribution in [0.5, 0.6) is 0 Å². The van der Waals surface area contributed by atoms with Crippen molar-refractivity contribution < 1.29 is 9.90 Å². The van der Waals surface area contributed by atoms with Gasteiger partial charge in [-0.25, -0.2) is 4.79 Å². The summed E-state index contributed by atoms with van der Waals surface area (Å²) in [5.41, 5.74) is 0.176. The molecule has 0 bridgehead atoms. The number of hydrogen-bond acceptors (Lipinski definition) is 1. The number of carbonyl (C=O) groups is 1. The molecule has 0 amide bonds. The SMILES string of the molecule is C=C(C)C(=O)O.[AlH3].[LiH]. The van der Waals surface area contributed by atoms with Gasteiger partial charge in [-0.3, -0.25) is 0 Å². The van der Waals surface area contributed by atoms with Crippen molar-refractivity contribution in [3.8, 4) is 0 Å². The molecular formula is C4H10AlLiO2. The van der Waals surface area contributed by atoms with E-state index in [0.29, 0.717) is 0 Å². The van der Waals surface area contributed by atoms with Gasteiger partial charge in [0.2, 0.25) is 0 Å². The summed E-state index contributed by atoms with van der Waals surface area (Å²) in [6.45, 7) is 4.60. The predicted molar refractivity (Wildman–Crippen MR) is 39.5 cm³/mol. The number of aliphatic carboxylic acids is 1. The topological polar surface area (TPSA) is 37.3 Å². The van der Waals surface area contributed by atoms with Crippen molar-refractivity contribution >= 4 is 42.2 Å². The molecule has 0 saturated carbocycles. The van der Waals surface area contributed by atoms with E-state index in [9.17, 15) is 4.79 Å². The molecule has 42 valence electrons. The van der Waals surface area contributed by atoms with Gasteiger partial charge in [0, 0.05) is 5.57 Å². The van der Waals surface area contributed by atoms with Crippen LogP contribution in [-0.4, -0.2) is 47.3 Å². The minimum atomic E-state index is -0.935.